The molecule has 6 heteroatoms. The van der Waals surface area contributed by atoms with Crippen molar-refractivity contribution < 1.29 is 0 Å². The van der Waals surface area contributed by atoms with Crippen LogP contribution in [0.5, 0.6) is 0 Å². The zero-order valence-corrected chi connectivity index (χ0v) is 12.4. The molecule has 0 aliphatic heterocycles. The van der Waals surface area contributed by atoms with Crippen LogP contribution in [0.3, 0.4) is 0 Å². The lowest BCUT2D eigenvalue weighted by molar-refractivity contribution is 1.16. The summed E-state index contributed by atoms with van der Waals surface area (Å²) in [6.45, 7) is 2.10. The molecule has 2 N–H and O–H groups in total. The molecule has 0 spiro atoms. The second-order valence-corrected chi connectivity index (χ2v) is 6.21. The average Bonchev–Trinajstić information content (AvgIpc) is 3.14. The highest BCUT2D eigenvalue weighted by Crippen LogP contribution is 2.32. The van der Waals surface area contributed by atoms with E-state index in [1.165, 1.54) is 17.5 Å². The van der Waals surface area contributed by atoms with Gasteiger partial charge in [0.1, 0.15) is 10.3 Å². The molecule has 0 atom stereocenters. The summed E-state index contributed by atoms with van der Waals surface area (Å²) >= 11 is 3.12. The van der Waals surface area contributed by atoms with Gasteiger partial charge in [-0.05, 0) is 30.0 Å². The highest BCUT2D eigenvalue weighted by Gasteiger charge is 2.11. The van der Waals surface area contributed by atoms with Gasteiger partial charge in [-0.3, -0.25) is 4.98 Å². The van der Waals surface area contributed by atoms with Gasteiger partial charge in [-0.1, -0.05) is 13.0 Å². The molecule has 0 fully saturated rings. The first-order valence-electron chi connectivity index (χ1n) is 6.18. The Morgan fingerprint density at radius 3 is 3.10 bits per heavy atom. The van der Waals surface area contributed by atoms with Crippen LogP contribution in [0.4, 0.5) is 5.69 Å². The van der Waals surface area contributed by atoms with E-state index in [-0.39, 0.29) is 0 Å². The van der Waals surface area contributed by atoms with E-state index in [2.05, 4.69) is 33.7 Å². The first-order chi connectivity index (χ1) is 9.83. The lowest BCUT2D eigenvalue weighted by Crippen LogP contribution is -1.90. The molecule has 20 heavy (non-hydrogen) atoms. The largest absolute Gasteiger partial charge is 0.358 e. The SMILES string of the molecule is CCc1ccc(NSc2cncs2)c2[nH]cc(C#N)c12. The molecule has 2 aromatic heterocycles. The summed E-state index contributed by atoms with van der Waals surface area (Å²) in [7, 11) is 0. The van der Waals surface area contributed by atoms with Crippen LogP contribution in [-0.4, -0.2) is 9.97 Å². The number of aromatic nitrogens is 2. The summed E-state index contributed by atoms with van der Waals surface area (Å²) < 4.78 is 4.43. The molecule has 100 valence electrons. The Kier molecular flexibility index (Phi) is 3.63. The molecular formula is C14H12N4S2. The lowest BCUT2D eigenvalue weighted by Gasteiger charge is -2.08. The quantitative estimate of drug-likeness (QED) is 0.709. The number of hydrogen-bond acceptors (Lipinski definition) is 5. The van der Waals surface area contributed by atoms with Crippen molar-refractivity contribution in [2.24, 2.45) is 0 Å². The van der Waals surface area contributed by atoms with Crippen LogP contribution in [0.1, 0.15) is 18.1 Å². The molecule has 0 saturated carbocycles. The molecule has 0 amide bonds. The summed E-state index contributed by atoms with van der Waals surface area (Å²) in [4.78, 5) is 7.25. The van der Waals surface area contributed by atoms with Crippen molar-refractivity contribution in [2.75, 3.05) is 4.72 Å². The van der Waals surface area contributed by atoms with Crippen molar-refractivity contribution in [1.29, 1.82) is 5.26 Å². The van der Waals surface area contributed by atoms with Crippen LogP contribution in [0.15, 0.2) is 34.2 Å². The number of nitrogens with zero attached hydrogens (tertiary/aromatic N) is 2. The minimum Gasteiger partial charge on any atom is -0.358 e. The molecule has 0 saturated heterocycles. The first kappa shape index (κ1) is 13.0. The molecule has 4 nitrogen and oxygen atoms in total. The van der Waals surface area contributed by atoms with E-state index in [4.69, 9.17) is 0 Å². The number of thiazole rings is 1. The van der Waals surface area contributed by atoms with Gasteiger partial charge in [0.25, 0.3) is 0 Å². The highest BCUT2D eigenvalue weighted by molar-refractivity contribution is 8.02. The monoisotopic (exact) mass is 300 g/mol. The summed E-state index contributed by atoms with van der Waals surface area (Å²) in [6, 6.07) is 6.37. The van der Waals surface area contributed by atoms with E-state index in [9.17, 15) is 5.26 Å². The van der Waals surface area contributed by atoms with Gasteiger partial charge < -0.3 is 9.71 Å². The first-order valence-corrected chi connectivity index (χ1v) is 7.87. The summed E-state index contributed by atoms with van der Waals surface area (Å²) in [5.74, 6) is 0. The van der Waals surface area contributed by atoms with E-state index >= 15 is 0 Å². The van der Waals surface area contributed by atoms with Crippen molar-refractivity contribution in [1.82, 2.24) is 9.97 Å². The third-order valence-electron chi connectivity index (χ3n) is 3.09. The summed E-state index contributed by atoms with van der Waals surface area (Å²) in [5, 5.41) is 10.2. The standard InChI is InChI=1S/C14H12N4S2/c1-2-9-3-4-11(18-20-12-7-16-8-19-12)14-13(9)10(5-15)6-17-14/h3-4,6-8,17-18H,2H2,1H3. The van der Waals surface area contributed by atoms with Crippen LogP contribution in [-0.2, 0) is 6.42 Å². The number of rotatable bonds is 4. The summed E-state index contributed by atoms with van der Waals surface area (Å²) in [6.07, 6.45) is 4.51. The lowest BCUT2D eigenvalue weighted by atomic mass is 10.0. The Bertz CT molecular complexity index is 768. The molecule has 0 aliphatic rings. The van der Waals surface area contributed by atoms with Crippen LogP contribution < -0.4 is 4.72 Å². The van der Waals surface area contributed by atoms with E-state index in [1.807, 2.05) is 17.8 Å². The number of anilines is 1. The maximum atomic E-state index is 9.21. The fourth-order valence-corrected chi connectivity index (χ4v) is 3.44. The summed E-state index contributed by atoms with van der Waals surface area (Å²) in [5.41, 5.74) is 5.66. The topological polar surface area (TPSA) is 64.5 Å². The maximum absolute atomic E-state index is 9.21. The van der Waals surface area contributed by atoms with Crippen LogP contribution in [0.2, 0.25) is 0 Å². The van der Waals surface area contributed by atoms with Gasteiger partial charge in [0.2, 0.25) is 0 Å². The minimum absolute atomic E-state index is 0.697. The third-order valence-corrected chi connectivity index (χ3v) is 4.83. The third kappa shape index (κ3) is 2.26. The number of benzene rings is 1. The van der Waals surface area contributed by atoms with E-state index < -0.39 is 0 Å². The maximum Gasteiger partial charge on any atom is 0.101 e. The van der Waals surface area contributed by atoms with Gasteiger partial charge in [-0.15, -0.1) is 11.3 Å². The molecule has 0 aliphatic carbocycles. The van der Waals surface area contributed by atoms with E-state index in [0.717, 1.165) is 27.2 Å². The molecular weight excluding hydrogens is 288 g/mol. The van der Waals surface area contributed by atoms with Crippen LogP contribution >= 0.6 is 23.3 Å². The van der Waals surface area contributed by atoms with E-state index in [1.54, 1.807) is 17.5 Å². The highest BCUT2D eigenvalue weighted by atomic mass is 32.2. The zero-order chi connectivity index (χ0) is 13.9. The number of aromatic amines is 1. The number of nitrogens with one attached hydrogen (secondary N) is 2. The second kappa shape index (κ2) is 5.57. The van der Waals surface area contributed by atoms with Gasteiger partial charge in [-0.25, -0.2) is 0 Å². The Labute approximate surface area is 125 Å². The molecule has 1 aromatic carbocycles. The van der Waals surface area contributed by atoms with Gasteiger partial charge in [0.05, 0.1) is 28.5 Å². The Morgan fingerprint density at radius 2 is 2.40 bits per heavy atom. The van der Waals surface area contributed by atoms with Crippen LogP contribution in [0.25, 0.3) is 10.9 Å². The number of aryl methyl sites for hydroxylation is 1. The zero-order valence-electron chi connectivity index (χ0n) is 10.8. The molecule has 3 rings (SSSR count). The Balaban J connectivity index is 2.00. The molecule has 2 heterocycles. The van der Waals surface area contributed by atoms with Gasteiger partial charge in [-0.2, -0.15) is 5.26 Å². The van der Waals surface area contributed by atoms with Crippen molar-refractivity contribution in [3.63, 3.8) is 0 Å². The number of nitriles is 1. The van der Waals surface area contributed by atoms with Crippen LogP contribution in [0, 0.1) is 11.3 Å². The minimum atomic E-state index is 0.697. The van der Waals surface area contributed by atoms with Gasteiger partial charge >= 0.3 is 0 Å². The number of fused-ring (bicyclic) bond motifs is 1. The van der Waals surface area contributed by atoms with E-state index in [0.29, 0.717) is 5.56 Å². The molecule has 0 bridgehead atoms. The molecule has 0 radical (unpaired) electrons. The second-order valence-electron chi connectivity index (χ2n) is 4.21. The Morgan fingerprint density at radius 1 is 1.50 bits per heavy atom. The van der Waals surface area contributed by atoms with Crippen molar-refractivity contribution in [3.05, 3.63) is 41.2 Å². The molecule has 0 unspecified atom stereocenters. The van der Waals surface area contributed by atoms with Gasteiger partial charge in [0.15, 0.2) is 0 Å². The predicted octanol–water partition coefficient (Wildman–Crippen LogP) is 4.18. The Hall–Kier alpha value is -1.97. The fraction of sp³-hybridized carbons (Fsp3) is 0.143. The van der Waals surface area contributed by atoms with Crippen molar-refractivity contribution in [3.8, 4) is 6.07 Å². The normalized spacial score (nSPS) is 10.6. The van der Waals surface area contributed by atoms with Crippen molar-refractivity contribution >= 4 is 39.9 Å². The average molecular weight is 300 g/mol. The number of hydrogen-bond donors (Lipinski definition) is 2. The number of H-pyrrole nitrogens is 1. The fourth-order valence-electron chi connectivity index (χ4n) is 2.15. The van der Waals surface area contributed by atoms with Crippen molar-refractivity contribution in [2.45, 2.75) is 17.6 Å². The predicted molar refractivity (Wildman–Crippen MR) is 84.0 cm³/mol. The molecule has 3 aromatic rings. The smallest absolute Gasteiger partial charge is 0.101 e. The van der Waals surface area contributed by atoms with Gasteiger partial charge in [0, 0.05) is 11.6 Å².